The fraction of sp³-hybridized carbons (Fsp3) is 0.222. The molecule has 3 N–H and O–H groups in total. The van der Waals surface area contributed by atoms with Crippen molar-refractivity contribution >= 4 is 23.4 Å². The lowest BCUT2D eigenvalue weighted by atomic mass is 9.91. The number of carbonyl (C=O) groups excluding carboxylic acids is 2. The number of carbonyl (C=O) groups is 2. The smallest absolute Gasteiger partial charge is 0.247 e. The van der Waals surface area contributed by atoms with E-state index >= 15 is 0 Å². The molecule has 0 saturated heterocycles. The summed E-state index contributed by atoms with van der Waals surface area (Å²) >= 11 is 6.15. The number of halogens is 1. The lowest BCUT2D eigenvalue weighted by Crippen LogP contribution is -2.53. The first-order chi connectivity index (χ1) is 11.4. The minimum Gasteiger partial charge on any atom is -0.496 e. The SMILES string of the molecule is COc1cccc(Cl)c1CC(=O)NC(C)(C(N)=O)c1ccccc1. The van der Waals surface area contributed by atoms with Gasteiger partial charge in [0, 0.05) is 10.6 Å². The quantitative estimate of drug-likeness (QED) is 0.842. The molecule has 0 fully saturated rings. The van der Waals surface area contributed by atoms with Crippen LogP contribution in [0.25, 0.3) is 0 Å². The molecule has 0 heterocycles. The van der Waals surface area contributed by atoms with Crippen LogP contribution in [0, 0.1) is 0 Å². The van der Waals surface area contributed by atoms with Crippen molar-refractivity contribution in [3.8, 4) is 5.75 Å². The molecule has 126 valence electrons. The van der Waals surface area contributed by atoms with E-state index < -0.39 is 11.4 Å². The van der Waals surface area contributed by atoms with Gasteiger partial charge in [-0.3, -0.25) is 9.59 Å². The molecule has 0 aliphatic rings. The van der Waals surface area contributed by atoms with Crippen LogP contribution < -0.4 is 15.8 Å². The van der Waals surface area contributed by atoms with Gasteiger partial charge in [-0.2, -0.15) is 0 Å². The van der Waals surface area contributed by atoms with E-state index in [2.05, 4.69) is 5.32 Å². The second kappa shape index (κ2) is 7.36. The van der Waals surface area contributed by atoms with Crippen LogP contribution >= 0.6 is 11.6 Å². The van der Waals surface area contributed by atoms with Gasteiger partial charge in [0.05, 0.1) is 13.5 Å². The average Bonchev–Trinajstić information content (AvgIpc) is 2.57. The van der Waals surface area contributed by atoms with Gasteiger partial charge >= 0.3 is 0 Å². The van der Waals surface area contributed by atoms with Gasteiger partial charge in [-0.05, 0) is 24.6 Å². The standard InChI is InChI=1S/C18H19ClN2O3/c1-18(17(20)23,12-7-4-3-5-8-12)21-16(22)11-13-14(19)9-6-10-15(13)24-2/h3-10H,11H2,1-2H3,(H2,20,23)(H,21,22). The first-order valence-corrected chi connectivity index (χ1v) is 7.74. The molecule has 2 aromatic carbocycles. The predicted octanol–water partition coefficient (Wildman–Crippen LogP) is 2.41. The Hall–Kier alpha value is -2.53. The van der Waals surface area contributed by atoms with E-state index in [9.17, 15) is 9.59 Å². The van der Waals surface area contributed by atoms with Crippen LogP contribution in [-0.2, 0) is 21.5 Å². The van der Waals surface area contributed by atoms with Crippen molar-refractivity contribution in [3.63, 3.8) is 0 Å². The number of amides is 2. The Morgan fingerprint density at radius 1 is 1.17 bits per heavy atom. The van der Waals surface area contributed by atoms with E-state index in [0.717, 1.165) is 0 Å². The minimum atomic E-state index is -1.31. The van der Waals surface area contributed by atoms with Crippen molar-refractivity contribution in [2.75, 3.05) is 7.11 Å². The van der Waals surface area contributed by atoms with Crippen molar-refractivity contribution in [3.05, 3.63) is 64.7 Å². The third kappa shape index (κ3) is 3.68. The summed E-state index contributed by atoms with van der Waals surface area (Å²) < 4.78 is 5.23. The van der Waals surface area contributed by atoms with Crippen molar-refractivity contribution in [1.29, 1.82) is 0 Å². The zero-order chi connectivity index (χ0) is 17.7. The van der Waals surface area contributed by atoms with E-state index in [0.29, 0.717) is 21.9 Å². The molecule has 0 aliphatic carbocycles. The molecule has 0 saturated carbocycles. The first-order valence-electron chi connectivity index (χ1n) is 7.36. The summed E-state index contributed by atoms with van der Waals surface area (Å²) in [5.74, 6) is -0.516. The number of benzene rings is 2. The fourth-order valence-corrected chi connectivity index (χ4v) is 2.67. The third-order valence-corrected chi connectivity index (χ3v) is 4.22. The highest BCUT2D eigenvalue weighted by atomic mass is 35.5. The van der Waals surface area contributed by atoms with Gasteiger partial charge in [0.25, 0.3) is 0 Å². The Morgan fingerprint density at radius 3 is 2.42 bits per heavy atom. The van der Waals surface area contributed by atoms with Gasteiger partial charge in [0.1, 0.15) is 11.3 Å². The highest BCUT2D eigenvalue weighted by Crippen LogP contribution is 2.27. The molecular weight excluding hydrogens is 328 g/mol. The highest BCUT2D eigenvalue weighted by molar-refractivity contribution is 6.31. The van der Waals surface area contributed by atoms with Crippen LogP contribution in [-0.4, -0.2) is 18.9 Å². The Balaban J connectivity index is 2.26. The zero-order valence-electron chi connectivity index (χ0n) is 13.5. The van der Waals surface area contributed by atoms with Crippen molar-refractivity contribution in [2.45, 2.75) is 18.9 Å². The maximum Gasteiger partial charge on any atom is 0.247 e. The normalized spacial score (nSPS) is 13.0. The molecule has 0 radical (unpaired) electrons. The van der Waals surface area contributed by atoms with Crippen molar-refractivity contribution < 1.29 is 14.3 Å². The topological polar surface area (TPSA) is 81.4 Å². The largest absolute Gasteiger partial charge is 0.496 e. The van der Waals surface area contributed by atoms with Crippen LogP contribution in [0.15, 0.2) is 48.5 Å². The van der Waals surface area contributed by atoms with Gasteiger partial charge in [-0.1, -0.05) is 48.0 Å². The average molecular weight is 347 g/mol. The lowest BCUT2D eigenvalue weighted by molar-refractivity contribution is -0.131. The fourth-order valence-electron chi connectivity index (χ4n) is 2.43. The van der Waals surface area contributed by atoms with E-state index in [-0.39, 0.29) is 12.3 Å². The van der Waals surface area contributed by atoms with Crippen LogP contribution in [0.5, 0.6) is 5.75 Å². The summed E-state index contributed by atoms with van der Waals surface area (Å²) in [4.78, 5) is 24.4. The Bertz CT molecular complexity index is 749. The molecule has 1 unspecified atom stereocenters. The van der Waals surface area contributed by atoms with E-state index in [1.165, 1.54) is 7.11 Å². The zero-order valence-corrected chi connectivity index (χ0v) is 14.3. The summed E-state index contributed by atoms with van der Waals surface area (Å²) in [5, 5.41) is 3.13. The molecule has 5 nitrogen and oxygen atoms in total. The van der Waals surface area contributed by atoms with Gasteiger partial charge in [0.15, 0.2) is 0 Å². The van der Waals surface area contributed by atoms with Gasteiger partial charge < -0.3 is 15.8 Å². The monoisotopic (exact) mass is 346 g/mol. The Labute approximate surface area is 145 Å². The number of nitrogens with one attached hydrogen (secondary N) is 1. The van der Waals surface area contributed by atoms with Gasteiger partial charge in [0.2, 0.25) is 11.8 Å². The van der Waals surface area contributed by atoms with Crippen LogP contribution in [0.1, 0.15) is 18.1 Å². The van der Waals surface area contributed by atoms with E-state index in [4.69, 9.17) is 22.1 Å². The first kappa shape index (κ1) is 17.8. The molecule has 24 heavy (non-hydrogen) atoms. The van der Waals surface area contributed by atoms with E-state index in [1.807, 2.05) is 6.07 Å². The number of nitrogens with two attached hydrogens (primary N) is 1. The van der Waals surface area contributed by atoms with Crippen molar-refractivity contribution in [2.24, 2.45) is 5.73 Å². The highest BCUT2D eigenvalue weighted by Gasteiger charge is 2.35. The molecule has 6 heteroatoms. The van der Waals surface area contributed by atoms with Crippen LogP contribution in [0.2, 0.25) is 5.02 Å². The number of rotatable bonds is 6. The predicted molar refractivity (Wildman–Crippen MR) is 92.8 cm³/mol. The lowest BCUT2D eigenvalue weighted by Gasteiger charge is -2.28. The van der Waals surface area contributed by atoms with Crippen LogP contribution in [0.3, 0.4) is 0 Å². The van der Waals surface area contributed by atoms with E-state index in [1.54, 1.807) is 49.4 Å². The van der Waals surface area contributed by atoms with Gasteiger partial charge in [-0.25, -0.2) is 0 Å². The Morgan fingerprint density at radius 2 is 1.83 bits per heavy atom. The molecule has 0 spiro atoms. The number of methoxy groups -OCH3 is 1. The number of primary amides is 1. The summed E-state index contributed by atoms with van der Waals surface area (Å²) in [6.45, 7) is 1.58. The molecule has 2 rings (SSSR count). The summed E-state index contributed by atoms with van der Waals surface area (Å²) in [6.07, 6.45) is -0.0292. The molecule has 2 aromatic rings. The molecule has 0 aromatic heterocycles. The molecule has 0 bridgehead atoms. The number of hydrogen-bond acceptors (Lipinski definition) is 3. The number of hydrogen-bond donors (Lipinski definition) is 2. The van der Waals surface area contributed by atoms with Crippen LogP contribution in [0.4, 0.5) is 0 Å². The second-order valence-electron chi connectivity index (χ2n) is 5.50. The molecule has 0 aliphatic heterocycles. The second-order valence-corrected chi connectivity index (χ2v) is 5.91. The summed E-state index contributed by atoms with van der Waals surface area (Å²) in [5.41, 5.74) is 5.38. The van der Waals surface area contributed by atoms with Gasteiger partial charge in [-0.15, -0.1) is 0 Å². The third-order valence-electron chi connectivity index (χ3n) is 3.87. The summed E-state index contributed by atoms with van der Waals surface area (Å²) in [7, 11) is 1.50. The summed E-state index contributed by atoms with van der Waals surface area (Å²) in [6, 6.07) is 14.0. The molecular formula is C18H19ClN2O3. The minimum absolute atomic E-state index is 0.0292. The number of ether oxygens (including phenoxy) is 1. The molecule has 2 amide bonds. The molecule has 1 atom stereocenters. The Kier molecular flexibility index (Phi) is 5.46. The maximum atomic E-state index is 12.5. The maximum absolute atomic E-state index is 12.5. The van der Waals surface area contributed by atoms with Crippen molar-refractivity contribution in [1.82, 2.24) is 5.32 Å².